The van der Waals surface area contributed by atoms with Crippen molar-refractivity contribution in [2.24, 2.45) is 0 Å². The van der Waals surface area contributed by atoms with Gasteiger partial charge in [0.05, 0.1) is 13.7 Å². The standard InChI is InChI=1S/C24H16NO.C23H26NSi.Ir/c1-2-6-17(7-3-1)14-18-12-13-25-22(15-18)19-10-11-24-21(16-19)20-8-4-5-9-23(20)26-24;1-17(2)21-15-22(24-16-23(21)25(3,4)5)20-13-9-12-19(14-20)18-10-7-6-8-11-18;/h1-9,11-13,15-16H,14H2;6-12,14-17H,1-5H3;/q2*-1;. The second-order valence-electron chi connectivity index (χ2n) is 14.4. The minimum Gasteiger partial charge on any atom is -0.500 e. The second kappa shape index (κ2) is 16.2. The summed E-state index contributed by atoms with van der Waals surface area (Å²) >= 11 is 0. The van der Waals surface area contributed by atoms with E-state index in [-0.39, 0.29) is 20.1 Å². The Kier molecular flexibility index (Phi) is 11.5. The largest absolute Gasteiger partial charge is 0.500 e. The van der Waals surface area contributed by atoms with Gasteiger partial charge in [0.25, 0.3) is 0 Å². The van der Waals surface area contributed by atoms with E-state index in [1.165, 1.54) is 33.0 Å². The molecule has 261 valence electrons. The molecule has 0 saturated heterocycles. The predicted molar refractivity (Wildman–Crippen MR) is 216 cm³/mol. The maximum absolute atomic E-state index is 5.89. The van der Waals surface area contributed by atoms with Crippen molar-refractivity contribution in [3.05, 3.63) is 175 Å². The van der Waals surface area contributed by atoms with Crippen molar-refractivity contribution in [2.45, 2.75) is 45.8 Å². The smallest absolute Gasteiger partial charge is 0.120 e. The van der Waals surface area contributed by atoms with E-state index in [0.29, 0.717) is 5.92 Å². The minimum atomic E-state index is -1.40. The van der Waals surface area contributed by atoms with Gasteiger partial charge in [-0.2, -0.15) is 0 Å². The summed E-state index contributed by atoms with van der Waals surface area (Å²) in [6, 6.07) is 52.6. The van der Waals surface area contributed by atoms with Crippen LogP contribution in [0.1, 0.15) is 36.5 Å². The van der Waals surface area contributed by atoms with E-state index < -0.39 is 8.07 Å². The number of hydrogen-bond acceptors (Lipinski definition) is 3. The number of pyridine rings is 2. The zero-order valence-electron chi connectivity index (χ0n) is 30.3. The number of nitrogens with zero attached hydrogens (tertiary/aromatic N) is 2. The fourth-order valence-electron chi connectivity index (χ4n) is 6.53. The van der Waals surface area contributed by atoms with Gasteiger partial charge in [-0.05, 0) is 57.7 Å². The molecule has 0 aliphatic rings. The third-order valence-electron chi connectivity index (χ3n) is 9.21. The maximum atomic E-state index is 5.89. The fourth-order valence-corrected chi connectivity index (χ4v) is 8.21. The second-order valence-corrected chi connectivity index (χ2v) is 19.4. The van der Waals surface area contributed by atoms with Gasteiger partial charge in [0.15, 0.2) is 0 Å². The number of rotatable bonds is 7. The van der Waals surface area contributed by atoms with Crippen LogP contribution in [0.3, 0.4) is 0 Å². The number of hydrogen-bond donors (Lipinski definition) is 0. The Hall–Kier alpha value is -4.93. The molecular weight excluding hydrogens is 829 g/mol. The normalized spacial score (nSPS) is 11.3. The first-order valence-electron chi connectivity index (χ1n) is 17.6. The van der Waals surface area contributed by atoms with Crippen molar-refractivity contribution < 1.29 is 24.5 Å². The van der Waals surface area contributed by atoms with E-state index in [4.69, 9.17) is 9.40 Å². The van der Waals surface area contributed by atoms with Gasteiger partial charge in [0.2, 0.25) is 0 Å². The van der Waals surface area contributed by atoms with Crippen LogP contribution in [0.15, 0.2) is 150 Å². The van der Waals surface area contributed by atoms with Crippen LogP contribution in [0.2, 0.25) is 19.6 Å². The average Bonchev–Trinajstić information content (AvgIpc) is 3.53. The van der Waals surface area contributed by atoms with Crippen molar-refractivity contribution in [3.63, 3.8) is 0 Å². The number of para-hydroxylation sites is 1. The van der Waals surface area contributed by atoms with E-state index in [2.05, 4.69) is 148 Å². The van der Waals surface area contributed by atoms with Crippen molar-refractivity contribution in [1.82, 2.24) is 9.97 Å². The summed E-state index contributed by atoms with van der Waals surface area (Å²) in [7, 11) is -1.40. The van der Waals surface area contributed by atoms with Crippen LogP contribution in [0.4, 0.5) is 0 Å². The molecule has 8 aromatic rings. The van der Waals surface area contributed by atoms with Crippen molar-refractivity contribution in [2.75, 3.05) is 0 Å². The molecule has 5 heteroatoms. The monoisotopic (exact) mass is 871 g/mol. The van der Waals surface area contributed by atoms with Gasteiger partial charge in [-0.1, -0.05) is 135 Å². The van der Waals surface area contributed by atoms with Gasteiger partial charge in [-0.3, -0.25) is 0 Å². The molecule has 3 aromatic heterocycles. The quantitative estimate of drug-likeness (QED) is 0.118. The molecule has 1 radical (unpaired) electrons. The van der Waals surface area contributed by atoms with E-state index in [0.717, 1.165) is 50.9 Å². The van der Waals surface area contributed by atoms with Crippen molar-refractivity contribution in [1.29, 1.82) is 0 Å². The van der Waals surface area contributed by atoms with Gasteiger partial charge < -0.3 is 14.4 Å². The van der Waals surface area contributed by atoms with Gasteiger partial charge >= 0.3 is 0 Å². The molecule has 0 aliphatic carbocycles. The third kappa shape index (κ3) is 8.40. The Labute approximate surface area is 322 Å². The van der Waals surface area contributed by atoms with Crippen LogP contribution in [0.25, 0.3) is 55.6 Å². The SMILES string of the molecule is CC(C)c1cc(-c2[c-]ccc(-c3ccccc3)c2)ncc1[Si](C)(C)C.[Ir].[c-]1cc2oc3ccccc3c2cc1-c1cc(Cc2ccccc2)ccn1. The molecule has 0 atom stereocenters. The molecule has 0 fully saturated rings. The molecule has 0 amide bonds. The number of aromatic nitrogens is 2. The summed E-state index contributed by atoms with van der Waals surface area (Å²) in [6.45, 7) is 11.7. The van der Waals surface area contributed by atoms with Crippen molar-refractivity contribution >= 4 is 35.2 Å². The summed E-state index contributed by atoms with van der Waals surface area (Å²) in [5.74, 6) is 0.501. The average molecular weight is 871 g/mol. The van der Waals surface area contributed by atoms with Gasteiger partial charge in [-0.15, -0.1) is 59.2 Å². The first-order valence-corrected chi connectivity index (χ1v) is 21.1. The molecule has 8 rings (SSSR count). The van der Waals surface area contributed by atoms with Crippen LogP contribution in [-0.2, 0) is 26.5 Å². The van der Waals surface area contributed by atoms with Gasteiger partial charge in [0.1, 0.15) is 5.58 Å². The Morgan fingerprint density at radius 1 is 0.635 bits per heavy atom. The van der Waals surface area contributed by atoms with Crippen LogP contribution in [0, 0.1) is 12.1 Å². The summed E-state index contributed by atoms with van der Waals surface area (Å²) in [6.07, 6.45) is 4.88. The number of benzene rings is 5. The summed E-state index contributed by atoms with van der Waals surface area (Å²) in [4.78, 5) is 9.36. The van der Waals surface area contributed by atoms with Gasteiger partial charge in [0, 0.05) is 37.9 Å². The summed E-state index contributed by atoms with van der Waals surface area (Å²) < 4.78 is 5.89. The Morgan fingerprint density at radius 3 is 2.08 bits per heavy atom. The number of furan rings is 1. The van der Waals surface area contributed by atoms with E-state index in [9.17, 15) is 0 Å². The fraction of sp³-hybridized carbons (Fsp3) is 0.149. The van der Waals surface area contributed by atoms with E-state index >= 15 is 0 Å². The molecule has 0 saturated carbocycles. The Bertz CT molecular complexity index is 2410. The molecule has 0 N–H and O–H groups in total. The molecule has 0 bridgehead atoms. The Balaban J connectivity index is 0.000000175. The Morgan fingerprint density at radius 2 is 1.33 bits per heavy atom. The van der Waals surface area contributed by atoms with E-state index in [1.807, 2.05) is 48.7 Å². The summed E-state index contributed by atoms with van der Waals surface area (Å²) in [5, 5.41) is 3.69. The zero-order valence-corrected chi connectivity index (χ0v) is 33.7. The molecule has 5 aromatic carbocycles. The molecule has 0 spiro atoms. The first-order chi connectivity index (χ1) is 24.7. The van der Waals surface area contributed by atoms with Crippen molar-refractivity contribution in [3.8, 4) is 33.6 Å². The number of fused-ring (bicyclic) bond motifs is 3. The topological polar surface area (TPSA) is 38.9 Å². The molecule has 3 heterocycles. The van der Waals surface area contributed by atoms with E-state index in [1.54, 1.807) is 0 Å². The molecular formula is C47H42IrN2OSi-2. The van der Waals surface area contributed by atoms with Crippen LogP contribution in [-0.4, -0.2) is 18.0 Å². The zero-order chi connectivity index (χ0) is 35.4. The summed E-state index contributed by atoms with van der Waals surface area (Å²) in [5.41, 5.74) is 12.2. The maximum Gasteiger partial charge on any atom is 0.120 e. The van der Waals surface area contributed by atoms with Crippen LogP contribution >= 0.6 is 0 Å². The van der Waals surface area contributed by atoms with Crippen LogP contribution in [0.5, 0.6) is 0 Å². The van der Waals surface area contributed by atoms with Crippen LogP contribution < -0.4 is 5.19 Å². The minimum absolute atomic E-state index is 0. The van der Waals surface area contributed by atoms with Gasteiger partial charge in [-0.25, -0.2) is 0 Å². The molecule has 0 unspecified atom stereocenters. The molecule has 52 heavy (non-hydrogen) atoms. The third-order valence-corrected chi connectivity index (χ3v) is 11.2. The molecule has 3 nitrogen and oxygen atoms in total. The predicted octanol–water partition coefficient (Wildman–Crippen LogP) is 11.9. The first kappa shape index (κ1) is 36.8. The molecule has 0 aliphatic heterocycles.